The number of fused-ring (bicyclic) bond motifs is 2. The summed E-state index contributed by atoms with van der Waals surface area (Å²) in [5.74, 6) is 1.06. The monoisotopic (exact) mass is 418 g/mol. The molecule has 0 saturated heterocycles. The van der Waals surface area contributed by atoms with Gasteiger partial charge in [-0.2, -0.15) is 0 Å². The van der Waals surface area contributed by atoms with Gasteiger partial charge in [-0.1, -0.05) is 44.2 Å². The van der Waals surface area contributed by atoms with Crippen LogP contribution in [0.5, 0.6) is 0 Å². The second-order valence-electron chi connectivity index (χ2n) is 8.29. The molecular weight excluding hydrogens is 388 g/mol. The molecule has 162 valence electrons. The van der Waals surface area contributed by atoms with E-state index in [2.05, 4.69) is 47.0 Å². The standard InChI is InChI=1S/C25H30N4O2/c1-17(2)24(25-26-20-9-5-6-10-21(20)27-25)28-23(30)13-12-18-16-29(14-15-31-3)22-11-7-4-8-19(18)22/h4-11,16-17,24H,12-15H2,1-3H3,(H,26,27)(H,28,30)/t24-/m0/s1. The molecule has 4 rings (SSSR count). The molecule has 2 aromatic carbocycles. The molecule has 6 nitrogen and oxygen atoms in total. The lowest BCUT2D eigenvalue weighted by molar-refractivity contribution is -0.122. The zero-order valence-electron chi connectivity index (χ0n) is 18.4. The van der Waals surface area contributed by atoms with Crippen molar-refractivity contribution in [1.29, 1.82) is 0 Å². The highest BCUT2D eigenvalue weighted by atomic mass is 16.5. The summed E-state index contributed by atoms with van der Waals surface area (Å²) in [5.41, 5.74) is 4.27. The lowest BCUT2D eigenvalue weighted by Gasteiger charge is -2.20. The largest absolute Gasteiger partial charge is 0.383 e. The fourth-order valence-electron chi connectivity index (χ4n) is 4.06. The maximum Gasteiger partial charge on any atom is 0.220 e. The quantitative estimate of drug-likeness (QED) is 0.417. The fourth-order valence-corrected chi connectivity index (χ4v) is 4.06. The van der Waals surface area contributed by atoms with E-state index < -0.39 is 0 Å². The molecule has 1 amide bonds. The highest BCUT2D eigenvalue weighted by molar-refractivity contribution is 5.85. The van der Waals surface area contributed by atoms with Crippen LogP contribution in [0.2, 0.25) is 0 Å². The van der Waals surface area contributed by atoms with Crippen LogP contribution in [0.4, 0.5) is 0 Å². The Morgan fingerprint density at radius 1 is 1.16 bits per heavy atom. The van der Waals surface area contributed by atoms with Crippen molar-refractivity contribution in [2.75, 3.05) is 13.7 Å². The van der Waals surface area contributed by atoms with Gasteiger partial charge in [0.1, 0.15) is 5.82 Å². The lowest BCUT2D eigenvalue weighted by Crippen LogP contribution is -2.32. The van der Waals surface area contributed by atoms with Crippen LogP contribution in [0.15, 0.2) is 54.7 Å². The first-order valence-electron chi connectivity index (χ1n) is 10.9. The second-order valence-corrected chi connectivity index (χ2v) is 8.29. The number of H-pyrrole nitrogens is 1. The SMILES string of the molecule is COCCn1cc(CCC(=O)N[C@H](c2nc3ccccc3[nH]2)C(C)C)c2ccccc21. The number of amides is 1. The number of carbonyl (C=O) groups excluding carboxylic acids is 1. The normalized spacial score (nSPS) is 12.6. The maximum atomic E-state index is 12.9. The number of nitrogens with zero attached hydrogens (tertiary/aromatic N) is 2. The highest BCUT2D eigenvalue weighted by Crippen LogP contribution is 2.24. The van der Waals surface area contributed by atoms with Crippen molar-refractivity contribution in [3.63, 3.8) is 0 Å². The number of carbonyl (C=O) groups is 1. The average Bonchev–Trinajstić information content (AvgIpc) is 3.36. The van der Waals surface area contributed by atoms with Crippen LogP contribution in [0.3, 0.4) is 0 Å². The van der Waals surface area contributed by atoms with Gasteiger partial charge >= 0.3 is 0 Å². The maximum absolute atomic E-state index is 12.9. The van der Waals surface area contributed by atoms with E-state index in [1.54, 1.807) is 7.11 Å². The Hall–Kier alpha value is -3.12. The summed E-state index contributed by atoms with van der Waals surface area (Å²) in [6.45, 7) is 5.65. The summed E-state index contributed by atoms with van der Waals surface area (Å²) in [5, 5.41) is 4.39. The van der Waals surface area contributed by atoms with Gasteiger partial charge in [0, 0.05) is 37.2 Å². The predicted molar refractivity (Wildman–Crippen MR) is 124 cm³/mol. The molecule has 2 heterocycles. The average molecular weight is 419 g/mol. The van der Waals surface area contributed by atoms with Crippen LogP contribution >= 0.6 is 0 Å². The molecule has 0 radical (unpaired) electrons. The van der Waals surface area contributed by atoms with Gasteiger partial charge in [0.2, 0.25) is 5.91 Å². The lowest BCUT2D eigenvalue weighted by atomic mass is 10.0. The molecule has 0 aliphatic carbocycles. The Morgan fingerprint density at radius 3 is 2.71 bits per heavy atom. The molecule has 1 atom stereocenters. The van der Waals surface area contributed by atoms with Crippen LogP contribution in [0.1, 0.15) is 37.7 Å². The first-order chi connectivity index (χ1) is 15.1. The molecule has 0 aliphatic rings. The van der Waals surface area contributed by atoms with Gasteiger partial charge in [0.25, 0.3) is 0 Å². The van der Waals surface area contributed by atoms with Crippen LogP contribution < -0.4 is 5.32 Å². The van der Waals surface area contributed by atoms with Gasteiger partial charge in [0.15, 0.2) is 0 Å². The topological polar surface area (TPSA) is 71.9 Å². The number of aromatic nitrogens is 3. The van der Waals surface area contributed by atoms with Gasteiger partial charge in [-0.15, -0.1) is 0 Å². The second kappa shape index (κ2) is 9.35. The van der Waals surface area contributed by atoms with E-state index in [0.29, 0.717) is 19.4 Å². The third-order valence-corrected chi connectivity index (χ3v) is 5.71. The number of methoxy groups -OCH3 is 1. The Bertz CT molecular complexity index is 1140. The van der Waals surface area contributed by atoms with Crippen LogP contribution in [-0.2, 0) is 22.5 Å². The fraction of sp³-hybridized carbons (Fsp3) is 0.360. The number of ether oxygens (including phenoxy) is 1. The number of nitrogens with one attached hydrogen (secondary N) is 2. The minimum absolute atomic E-state index is 0.0351. The summed E-state index contributed by atoms with van der Waals surface area (Å²) >= 11 is 0. The molecule has 0 saturated carbocycles. The Morgan fingerprint density at radius 2 is 1.94 bits per heavy atom. The number of hydrogen-bond acceptors (Lipinski definition) is 3. The number of aryl methyl sites for hydroxylation is 1. The molecule has 0 bridgehead atoms. The van der Waals surface area contributed by atoms with Gasteiger partial charge in [-0.3, -0.25) is 4.79 Å². The summed E-state index contributed by atoms with van der Waals surface area (Å²) in [7, 11) is 1.71. The Labute approximate surface area is 182 Å². The van der Waals surface area contributed by atoms with Crippen molar-refractivity contribution in [2.45, 2.75) is 39.3 Å². The van der Waals surface area contributed by atoms with Crippen molar-refractivity contribution in [1.82, 2.24) is 19.9 Å². The van der Waals surface area contributed by atoms with Crippen molar-refractivity contribution < 1.29 is 9.53 Å². The number of para-hydroxylation sites is 3. The van der Waals surface area contributed by atoms with Crippen molar-refractivity contribution in [3.05, 3.63) is 66.1 Å². The zero-order chi connectivity index (χ0) is 21.8. The van der Waals surface area contributed by atoms with E-state index in [1.165, 1.54) is 16.5 Å². The van der Waals surface area contributed by atoms with E-state index in [0.717, 1.165) is 23.4 Å². The van der Waals surface area contributed by atoms with Crippen molar-refractivity contribution in [3.8, 4) is 0 Å². The summed E-state index contributed by atoms with van der Waals surface area (Å²) in [6, 6.07) is 16.1. The van der Waals surface area contributed by atoms with E-state index in [9.17, 15) is 4.79 Å². The third-order valence-electron chi connectivity index (χ3n) is 5.71. The van der Waals surface area contributed by atoms with Crippen LogP contribution in [-0.4, -0.2) is 34.2 Å². The number of aromatic amines is 1. The number of rotatable bonds is 9. The minimum Gasteiger partial charge on any atom is -0.383 e. The Balaban J connectivity index is 1.46. The van der Waals surface area contributed by atoms with Gasteiger partial charge in [-0.05, 0) is 36.1 Å². The number of benzene rings is 2. The van der Waals surface area contributed by atoms with Crippen molar-refractivity contribution in [2.24, 2.45) is 5.92 Å². The van der Waals surface area contributed by atoms with Crippen LogP contribution in [0, 0.1) is 5.92 Å². The molecule has 6 heteroatoms. The summed E-state index contributed by atoms with van der Waals surface area (Å²) in [6.07, 6.45) is 3.27. The molecule has 0 aliphatic heterocycles. The molecule has 0 unspecified atom stereocenters. The number of imidazole rings is 1. The molecule has 2 aromatic heterocycles. The van der Waals surface area contributed by atoms with Crippen molar-refractivity contribution >= 4 is 27.8 Å². The first-order valence-corrected chi connectivity index (χ1v) is 10.9. The highest BCUT2D eigenvalue weighted by Gasteiger charge is 2.22. The zero-order valence-corrected chi connectivity index (χ0v) is 18.4. The van der Waals surface area contributed by atoms with Crippen LogP contribution in [0.25, 0.3) is 21.9 Å². The van der Waals surface area contributed by atoms with E-state index in [4.69, 9.17) is 9.72 Å². The van der Waals surface area contributed by atoms with Gasteiger partial charge in [0.05, 0.1) is 23.7 Å². The number of hydrogen-bond donors (Lipinski definition) is 2. The molecular formula is C25H30N4O2. The first kappa shape index (κ1) is 21.1. The van der Waals surface area contributed by atoms with Gasteiger partial charge in [-0.25, -0.2) is 4.98 Å². The molecule has 0 fully saturated rings. The van der Waals surface area contributed by atoms with E-state index in [1.807, 2.05) is 36.4 Å². The molecule has 4 aromatic rings. The minimum atomic E-state index is -0.150. The summed E-state index contributed by atoms with van der Waals surface area (Å²) < 4.78 is 7.44. The molecule has 2 N–H and O–H groups in total. The molecule has 0 spiro atoms. The van der Waals surface area contributed by atoms with Gasteiger partial charge < -0.3 is 19.6 Å². The van der Waals surface area contributed by atoms with E-state index in [-0.39, 0.29) is 17.9 Å². The molecule has 31 heavy (non-hydrogen) atoms. The summed E-state index contributed by atoms with van der Waals surface area (Å²) in [4.78, 5) is 20.9. The van der Waals surface area contributed by atoms with E-state index >= 15 is 0 Å². The predicted octanol–water partition coefficient (Wildman–Crippen LogP) is 4.61. The smallest absolute Gasteiger partial charge is 0.220 e. The Kier molecular flexibility index (Phi) is 6.37. The third kappa shape index (κ3) is 4.64.